The molecule has 1 N–H and O–H groups in total. The van der Waals surface area contributed by atoms with Crippen LogP contribution >= 0.6 is 0 Å². The van der Waals surface area contributed by atoms with Crippen LogP contribution < -0.4 is 0 Å². The zero-order valence-corrected chi connectivity index (χ0v) is 22.9. The fraction of sp³-hybridized carbons (Fsp3) is 0.862. The number of ether oxygens (including phenoxy) is 5. The van der Waals surface area contributed by atoms with Crippen molar-refractivity contribution >= 4 is 23.5 Å². The Balaban J connectivity index is 1.32. The van der Waals surface area contributed by atoms with Gasteiger partial charge in [0.1, 0.15) is 29.7 Å². The van der Waals surface area contributed by atoms with Gasteiger partial charge < -0.3 is 28.8 Å². The summed E-state index contributed by atoms with van der Waals surface area (Å²) in [7, 11) is 0. The zero-order chi connectivity index (χ0) is 27.7. The molecule has 0 aromatic heterocycles. The fourth-order valence-electron chi connectivity index (χ4n) is 10.8. The van der Waals surface area contributed by atoms with Crippen LogP contribution in [0.4, 0.5) is 0 Å². The van der Waals surface area contributed by atoms with Crippen molar-refractivity contribution < 1.29 is 48.0 Å². The van der Waals surface area contributed by atoms with E-state index in [9.17, 15) is 24.3 Å². The third-order valence-electron chi connectivity index (χ3n) is 12.3. The van der Waals surface area contributed by atoms with Gasteiger partial charge in [0.05, 0.1) is 35.6 Å². The molecule has 6 heterocycles. The number of hydrogen-bond donors (Lipinski definition) is 1. The summed E-state index contributed by atoms with van der Waals surface area (Å²) in [4.78, 5) is 54.1. The van der Waals surface area contributed by atoms with Gasteiger partial charge in [-0.05, 0) is 40.0 Å². The molecule has 2 saturated carbocycles. The monoisotopic (exact) mass is 544 g/mol. The van der Waals surface area contributed by atoms with E-state index in [-0.39, 0.29) is 42.7 Å². The molecule has 212 valence electrons. The van der Waals surface area contributed by atoms with E-state index in [4.69, 9.17) is 23.7 Å². The van der Waals surface area contributed by atoms with Crippen LogP contribution in [-0.2, 0) is 42.9 Å². The Hall–Kier alpha value is -1.88. The van der Waals surface area contributed by atoms with Crippen LogP contribution in [0.1, 0.15) is 66.7 Å². The number of carbonyl (C=O) groups excluding carboxylic acids is 4. The largest absolute Gasteiger partial charge is 0.459 e. The van der Waals surface area contributed by atoms with E-state index in [1.165, 1.54) is 0 Å². The molecule has 8 aliphatic rings. The van der Waals surface area contributed by atoms with Gasteiger partial charge in [-0.3, -0.25) is 19.2 Å². The van der Waals surface area contributed by atoms with Crippen LogP contribution in [0, 0.1) is 40.9 Å². The molecule has 0 unspecified atom stereocenters. The molecule has 6 aliphatic heterocycles. The van der Waals surface area contributed by atoms with E-state index in [0.29, 0.717) is 12.8 Å². The molecule has 8 rings (SSSR count). The first kappa shape index (κ1) is 24.9. The van der Waals surface area contributed by atoms with E-state index in [0.717, 1.165) is 0 Å². The molecule has 10 nitrogen and oxygen atoms in total. The number of carbonyl (C=O) groups is 4. The van der Waals surface area contributed by atoms with Gasteiger partial charge in [-0.15, -0.1) is 0 Å². The van der Waals surface area contributed by atoms with Crippen LogP contribution in [0.3, 0.4) is 0 Å². The van der Waals surface area contributed by atoms with Crippen molar-refractivity contribution in [3.05, 3.63) is 0 Å². The molecule has 3 spiro atoms. The molecule has 0 aromatic carbocycles. The minimum absolute atomic E-state index is 0.0225. The molecular formula is C29H36O10. The Morgan fingerprint density at radius 2 is 1.67 bits per heavy atom. The number of esters is 2. The molecule has 8 fully saturated rings. The van der Waals surface area contributed by atoms with Crippen molar-refractivity contribution in [2.75, 3.05) is 0 Å². The number of hydrogen-bond acceptors (Lipinski definition) is 10. The van der Waals surface area contributed by atoms with E-state index in [1.54, 1.807) is 6.92 Å². The second-order valence-electron chi connectivity index (χ2n) is 14.4. The van der Waals surface area contributed by atoms with Gasteiger partial charge in [0.2, 0.25) is 11.6 Å². The minimum atomic E-state index is -1.80. The summed E-state index contributed by atoms with van der Waals surface area (Å²) in [5.41, 5.74) is -3.91. The van der Waals surface area contributed by atoms with Crippen molar-refractivity contribution in [2.45, 2.75) is 114 Å². The Kier molecular flexibility index (Phi) is 4.43. The van der Waals surface area contributed by atoms with Gasteiger partial charge in [-0.1, -0.05) is 13.8 Å². The Labute approximate surface area is 226 Å². The summed E-state index contributed by atoms with van der Waals surface area (Å²) in [6.45, 7) is 9.33. The zero-order valence-electron chi connectivity index (χ0n) is 22.9. The summed E-state index contributed by atoms with van der Waals surface area (Å²) < 4.78 is 32.0. The van der Waals surface area contributed by atoms with Gasteiger partial charge in [0.25, 0.3) is 0 Å². The van der Waals surface area contributed by atoms with Crippen molar-refractivity contribution in [2.24, 2.45) is 40.9 Å². The van der Waals surface area contributed by atoms with Gasteiger partial charge in [0.15, 0.2) is 0 Å². The fourth-order valence-corrected chi connectivity index (χ4v) is 10.8. The molecular weight excluding hydrogens is 508 g/mol. The Bertz CT molecular complexity index is 1240. The normalized spacial score (nSPS) is 59.9. The lowest BCUT2D eigenvalue weighted by Crippen LogP contribution is -2.64. The average molecular weight is 545 g/mol. The van der Waals surface area contributed by atoms with E-state index < -0.39 is 88.0 Å². The molecule has 39 heavy (non-hydrogen) atoms. The maximum atomic E-state index is 14.8. The van der Waals surface area contributed by atoms with Gasteiger partial charge in [0, 0.05) is 35.5 Å². The second-order valence-corrected chi connectivity index (χ2v) is 14.4. The molecule has 14 atom stereocenters. The van der Waals surface area contributed by atoms with Crippen molar-refractivity contribution in [3.63, 3.8) is 0 Å². The first-order valence-electron chi connectivity index (χ1n) is 14.5. The standard InChI is InChI=1S/C29H36O10/c1-11-17-20-19(12(2)24(34)35-20)38-29-21(17)26(5,22(11)32)6-7-27(39-29)10-28-14(8-13(30)18(27)23(29)33)25(3,4)36-15(28)9-16(31)37-28/h11-15,17-21,30H,6-10H2,1-5H3/t11-,12-,13-,14-,15+,17+,18-,19+,20+,21-,26-,27+,28+,29+/m1/s1. The Morgan fingerprint density at radius 3 is 2.41 bits per heavy atom. The second kappa shape index (κ2) is 6.94. The van der Waals surface area contributed by atoms with Gasteiger partial charge in [-0.25, -0.2) is 0 Å². The SMILES string of the molecule is C[C@H]1C(=O)O[C@@H]2[C@H]1O[C@]13O[C@@]4(CC[C@@]5(C)C(=O)[C@H](C)[C@@H]2[C@@H]15)C[C@@]12OC(=O)C[C@@H]1OC(C)(C)[C@H]2C[C@@H](O)[C@@H]4C3=O. The van der Waals surface area contributed by atoms with Crippen LogP contribution in [0.25, 0.3) is 0 Å². The quantitative estimate of drug-likeness (QED) is 0.447. The number of rotatable bonds is 0. The molecule has 0 aromatic rings. The summed E-state index contributed by atoms with van der Waals surface area (Å²) in [5, 5.41) is 11.8. The minimum Gasteiger partial charge on any atom is -0.459 e. The summed E-state index contributed by atoms with van der Waals surface area (Å²) >= 11 is 0. The smallest absolute Gasteiger partial charge is 0.311 e. The van der Waals surface area contributed by atoms with E-state index in [1.807, 2.05) is 27.7 Å². The number of Topliss-reactive ketones (excluding diaryl/α,β-unsaturated/α-hetero) is 2. The highest BCUT2D eigenvalue weighted by Crippen LogP contribution is 2.71. The molecule has 2 bridgehead atoms. The van der Waals surface area contributed by atoms with Crippen LogP contribution in [-0.4, -0.2) is 75.6 Å². The van der Waals surface area contributed by atoms with Crippen LogP contribution in [0.5, 0.6) is 0 Å². The van der Waals surface area contributed by atoms with Crippen molar-refractivity contribution in [3.8, 4) is 0 Å². The highest BCUT2D eigenvalue weighted by atomic mass is 16.7. The third kappa shape index (κ3) is 2.56. The van der Waals surface area contributed by atoms with E-state index >= 15 is 0 Å². The van der Waals surface area contributed by atoms with Crippen LogP contribution in [0.2, 0.25) is 0 Å². The van der Waals surface area contributed by atoms with Crippen molar-refractivity contribution in [1.82, 2.24) is 0 Å². The third-order valence-corrected chi connectivity index (χ3v) is 12.3. The molecule has 6 saturated heterocycles. The Morgan fingerprint density at radius 1 is 0.923 bits per heavy atom. The van der Waals surface area contributed by atoms with Gasteiger partial charge >= 0.3 is 11.9 Å². The average Bonchev–Trinajstić information content (AvgIpc) is 3.45. The van der Waals surface area contributed by atoms with Gasteiger partial charge in [-0.2, -0.15) is 0 Å². The number of fused-ring (bicyclic) bond motifs is 2. The molecule has 0 radical (unpaired) electrons. The maximum Gasteiger partial charge on any atom is 0.311 e. The lowest BCUT2D eigenvalue weighted by molar-refractivity contribution is -0.331. The summed E-state index contributed by atoms with van der Waals surface area (Å²) in [6.07, 6.45) is -1.75. The van der Waals surface area contributed by atoms with Crippen molar-refractivity contribution in [1.29, 1.82) is 0 Å². The van der Waals surface area contributed by atoms with Crippen LogP contribution in [0.15, 0.2) is 0 Å². The summed E-state index contributed by atoms with van der Waals surface area (Å²) in [5.74, 6) is -6.35. The maximum absolute atomic E-state index is 14.8. The highest BCUT2D eigenvalue weighted by molar-refractivity contribution is 5.97. The first-order valence-corrected chi connectivity index (χ1v) is 14.5. The highest BCUT2D eigenvalue weighted by Gasteiger charge is 2.83. The number of ketones is 2. The predicted molar refractivity (Wildman–Crippen MR) is 129 cm³/mol. The first-order chi connectivity index (χ1) is 18.2. The lowest BCUT2D eigenvalue weighted by Gasteiger charge is -2.50. The predicted octanol–water partition coefficient (Wildman–Crippen LogP) is 1.48. The topological polar surface area (TPSA) is 135 Å². The number of aliphatic hydroxyl groups is 1. The summed E-state index contributed by atoms with van der Waals surface area (Å²) in [6, 6.07) is 0. The number of aliphatic hydroxyl groups excluding tert-OH is 1. The molecule has 10 heteroatoms. The lowest BCUT2D eigenvalue weighted by atomic mass is 9.60. The molecule has 2 aliphatic carbocycles. The molecule has 0 amide bonds. The van der Waals surface area contributed by atoms with E-state index in [2.05, 4.69) is 0 Å².